The molecule has 0 radical (unpaired) electrons. The lowest BCUT2D eigenvalue weighted by Gasteiger charge is -2.32. The van der Waals surface area contributed by atoms with Crippen molar-refractivity contribution < 1.29 is 14.4 Å². The number of carbonyl (C=O) groups excluding carboxylic acids is 2. The first-order valence-corrected chi connectivity index (χ1v) is 10.4. The van der Waals surface area contributed by atoms with Gasteiger partial charge < -0.3 is 15.1 Å². The molecule has 3 amide bonds. The number of piperidine rings is 2. The fourth-order valence-electron chi connectivity index (χ4n) is 4.51. The highest BCUT2D eigenvalue weighted by Crippen LogP contribution is 2.30. The minimum absolute atomic E-state index is 0.00189. The molecule has 0 spiro atoms. The number of likely N-dealkylation sites (tertiary alicyclic amines) is 1. The number of amides is 3. The van der Waals surface area contributed by atoms with Gasteiger partial charge in [-0.1, -0.05) is 30.3 Å². The maximum absolute atomic E-state index is 12.9. The Balaban J connectivity index is 1.34. The number of hydrogen-bond acceptors (Lipinski definition) is 5. The van der Waals surface area contributed by atoms with Gasteiger partial charge in [0.05, 0.1) is 18.0 Å². The van der Waals surface area contributed by atoms with E-state index in [4.69, 9.17) is 10.2 Å². The Kier molecular flexibility index (Phi) is 5.82. The van der Waals surface area contributed by atoms with Crippen LogP contribution in [0.5, 0.6) is 0 Å². The second-order valence-electron chi connectivity index (χ2n) is 8.27. The van der Waals surface area contributed by atoms with Crippen LogP contribution in [0, 0.1) is 11.3 Å². The van der Waals surface area contributed by atoms with Crippen molar-refractivity contribution in [2.75, 3.05) is 26.7 Å². The van der Waals surface area contributed by atoms with Crippen molar-refractivity contribution in [3.63, 3.8) is 0 Å². The predicted octanol–water partition coefficient (Wildman–Crippen LogP) is 1.82. The van der Waals surface area contributed by atoms with Gasteiger partial charge in [0.1, 0.15) is 12.4 Å². The fraction of sp³-hybridized carbons (Fsp3) is 0.571. The Morgan fingerprint density at radius 1 is 1.21 bits per heavy atom. The first-order chi connectivity index (χ1) is 14.0. The number of benzene rings is 1. The van der Waals surface area contributed by atoms with E-state index in [1.54, 1.807) is 4.90 Å². The Hall–Kier alpha value is -2.45. The normalized spacial score (nSPS) is 27.2. The summed E-state index contributed by atoms with van der Waals surface area (Å²) in [5.41, 5.74) is 1.01. The van der Waals surface area contributed by atoms with Crippen molar-refractivity contribution in [2.45, 2.75) is 44.4 Å². The van der Waals surface area contributed by atoms with Crippen molar-refractivity contribution in [2.24, 2.45) is 5.92 Å². The molecular weight excluding hydrogens is 370 g/mol. The van der Waals surface area contributed by atoms with Gasteiger partial charge in [0.2, 0.25) is 5.91 Å². The number of hydrogen-bond donors (Lipinski definition) is 2. The molecule has 3 heterocycles. The average Bonchev–Trinajstić information content (AvgIpc) is 2.97. The van der Waals surface area contributed by atoms with Crippen LogP contribution in [0.4, 0.5) is 4.79 Å². The molecule has 1 aromatic rings. The fourth-order valence-corrected chi connectivity index (χ4v) is 4.51. The van der Waals surface area contributed by atoms with Crippen LogP contribution in [0.25, 0.3) is 0 Å². The van der Waals surface area contributed by atoms with E-state index in [-0.39, 0.29) is 29.7 Å². The van der Waals surface area contributed by atoms with Gasteiger partial charge in [0.25, 0.3) is 0 Å². The van der Waals surface area contributed by atoms with Gasteiger partial charge in [-0.05, 0) is 44.8 Å². The lowest BCUT2D eigenvalue weighted by atomic mass is 9.96. The van der Waals surface area contributed by atoms with E-state index in [1.807, 2.05) is 37.4 Å². The minimum Gasteiger partial charge on any atom is -0.313 e. The van der Waals surface area contributed by atoms with E-state index in [1.165, 1.54) is 5.06 Å². The quantitative estimate of drug-likeness (QED) is 0.584. The summed E-state index contributed by atoms with van der Waals surface area (Å²) in [5.74, 6) is -0.0714. The van der Waals surface area contributed by atoms with E-state index in [0.717, 1.165) is 37.9 Å². The maximum Gasteiger partial charge on any atom is 0.344 e. The van der Waals surface area contributed by atoms with Crippen molar-refractivity contribution in [3.8, 4) is 0 Å². The monoisotopic (exact) mass is 399 g/mol. The molecule has 3 saturated heterocycles. The van der Waals surface area contributed by atoms with Crippen LogP contribution >= 0.6 is 0 Å². The van der Waals surface area contributed by atoms with Crippen LogP contribution in [-0.4, -0.2) is 71.4 Å². The molecular formula is C21H29N5O3. The van der Waals surface area contributed by atoms with Crippen LogP contribution in [0.2, 0.25) is 0 Å². The number of rotatable bonds is 5. The van der Waals surface area contributed by atoms with Crippen LogP contribution < -0.4 is 5.32 Å². The zero-order valence-corrected chi connectivity index (χ0v) is 16.8. The average molecular weight is 399 g/mol. The molecule has 0 unspecified atom stereocenters. The van der Waals surface area contributed by atoms with E-state index >= 15 is 0 Å². The Labute approximate surface area is 171 Å². The molecule has 1 aromatic carbocycles. The Morgan fingerprint density at radius 3 is 2.76 bits per heavy atom. The summed E-state index contributed by atoms with van der Waals surface area (Å²) in [5, 5.41) is 12.7. The maximum atomic E-state index is 12.9. The summed E-state index contributed by atoms with van der Waals surface area (Å²) in [7, 11) is 2.01. The smallest absolute Gasteiger partial charge is 0.313 e. The highest BCUT2D eigenvalue weighted by molar-refractivity contribution is 6.01. The standard InChI is InChI=1S/C21H29N5O3/c1-24-11-5-8-16(12-24)20(27)23-19(22)18-10-9-17-13-25(18)21(28)26(17)29-14-15-6-3-2-4-7-15/h2-4,6-7,16-18H,5,8-14H2,1H3,(H2,22,23,27)/t16-,17-,18+/m1/s1. The van der Waals surface area contributed by atoms with Gasteiger partial charge in [-0.25, -0.2) is 4.79 Å². The van der Waals surface area contributed by atoms with Gasteiger partial charge in [-0.15, -0.1) is 0 Å². The Morgan fingerprint density at radius 2 is 2.00 bits per heavy atom. The van der Waals surface area contributed by atoms with E-state index in [9.17, 15) is 9.59 Å². The van der Waals surface area contributed by atoms with Gasteiger partial charge in [0, 0.05) is 13.1 Å². The molecule has 156 valence electrons. The lowest BCUT2D eigenvalue weighted by molar-refractivity contribution is -0.140. The van der Waals surface area contributed by atoms with Crippen molar-refractivity contribution in [1.82, 2.24) is 20.2 Å². The molecule has 0 aromatic heterocycles. The molecule has 0 aliphatic carbocycles. The summed E-state index contributed by atoms with van der Waals surface area (Å²) >= 11 is 0. The summed E-state index contributed by atoms with van der Waals surface area (Å²) in [6.07, 6.45) is 3.25. The summed E-state index contributed by atoms with van der Waals surface area (Å²) in [6.45, 7) is 2.59. The SMILES string of the molecule is CN1CCC[C@@H](C(=O)NC(=N)[C@@H]2CC[C@@H]3CN2C(=O)N3OCc2ccccc2)C1. The van der Waals surface area contributed by atoms with Crippen LogP contribution in [0.15, 0.2) is 30.3 Å². The third-order valence-corrected chi connectivity index (χ3v) is 6.12. The molecule has 3 aliphatic heterocycles. The molecule has 2 bridgehead atoms. The van der Waals surface area contributed by atoms with E-state index in [2.05, 4.69) is 10.2 Å². The molecule has 4 rings (SSSR count). The third-order valence-electron chi connectivity index (χ3n) is 6.12. The minimum atomic E-state index is -0.394. The van der Waals surface area contributed by atoms with Crippen LogP contribution in [-0.2, 0) is 16.2 Å². The zero-order valence-electron chi connectivity index (χ0n) is 16.8. The van der Waals surface area contributed by atoms with Gasteiger partial charge in [0.15, 0.2) is 0 Å². The predicted molar refractivity (Wildman–Crippen MR) is 108 cm³/mol. The molecule has 3 atom stereocenters. The van der Waals surface area contributed by atoms with E-state index in [0.29, 0.717) is 19.6 Å². The second kappa shape index (κ2) is 8.51. The number of amidine groups is 1. The number of urea groups is 1. The highest BCUT2D eigenvalue weighted by atomic mass is 16.7. The molecule has 2 N–H and O–H groups in total. The molecule has 8 nitrogen and oxygen atoms in total. The van der Waals surface area contributed by atoms with Gasteiger partial charge in [-0.2, -0.15) is 5.06 Å². The molecule has 8 heteroatoms. The number of nitrogens with zero attached hydrogens (tertiary/aromatic N) is 3. The number of carbonyl (C=O) groups is 2. The molecule has 0 saturated carbocycles. The first-order valence-electron chi connectivity index (χ1n) is 10.4. The first kappa shape index (κ1) is 19.8. The zero-order chi connectivity index (χ0) is 20.4. The van der Waals surface area contributed by atoms with Gasteiger partial charge in [-0.3, -0.25) is 15.0 Å². The number of nitrogens with one attached hydrogen (secondary N) is 2. The third kappa shape index (κ3) is 4.28. The number of hydroxylamine groups is 2. The summed E-state index contributed by atoms with van der Waals surface area (Å²) in [6, 6.07) is 9.14. The number of fused-ring (bicyclic) bond motifs is 2. The van der Waals surface area contributed by atoms with Crippen molar-refractivity contribution >= 4 is 17.8 Å². The summed E-state index contributed by atoms with van der Waals surface area (Å²) < 4.78 is 0. The van der Waals surface area contributed by atoms with Crippen molar-refractivity contribution in [3.05, 3.63) is 35.9 Å². The molecule has 3 aliphatic rings. The lowest BCUT2D eigenvalue weighted by Crippen LogP contribution is -2.52. The summed E-state index contributed by atoms with van der Waals surface area (Å²) in [4.78, 5) is 35.1. The largest absolute Gasteiger partial charge is 0.344 e. The Bertz CT molecular complexity index is 771. The highest BCUT2D eigenvalue weighted by Gasteiger charge is 2.47. The van der Waals surface area contributed by atoms with Crippen LogP contribution in [0.1, 0.15) is 31.2 Å². The molecule has 3 fully saturated rings. The van der Waals surface area contributed by atoms with Crippen LogP contribution in [0.3, 0.4) is 0 Å². The topological polar surface area (TPSA) is 89.0 Å². The van der Waals surface area contributed by atoms with E-state index < -0.39 is 6.04 Å². The van der Waals surface area contributed by atoms with Gasteiger partial charge >= 0.3 is 6.03 Å². The second-order valence-corrected chi connectivity index (χ2v) is 8.27. The molecule has 29 heavy (non-hydrogen) atoms. The van der Waals surface area contributed by atoms with Crippen molar-refractivity contribution in [1.29, 1.82) is 5.41 Å².